The van der Waals surface area contributed by atoms with Crippen LogP contribution in [-0.2, 0) is 0 Å². The molecule has 0 unspecified atom stereocenters. The second-order valence-electron chi connectivity index (χ2n) is 12.3. The van der Waals surface area contributed by atoms with Crippen LogP contribution in [0.25, 0.3) is 90.1 Å². The van der Waals surface area contributed by atoms with Crippen molar-refractivity contribution in [3.05, 3.63) is 182 Å². The smallest absolute Gasteiger partial charge is 0.227 e. The van der Waals surface area contributed by atoms with Crippen molar-refractivity contribution in [2.75, 3.05) is 0 Å². The standard InChI is InChI=1S/C46H30N4O/c1-3-14-32(15-4-1)43-48-44(33-16-5-2-6-17-33)50-45(49-43)40-23-10-9-22-39(40)38-21-8-7-20-37(38)36-19-13-18-35(30-36)31-26-28-34(29-27-31)46-47-41-24-11-12-25-42(41)51-46/h1-30H. The van der Waals surface area contributed by atoms with E-state index in [1.165, 1.54) is 0 Å². The molecule has 240 valence electrons. The number of fused-ring (bicyclic) bond motifs is 1. The zero-order chi connectivity index (χ0) is 34.0. The average molecular weight is 655 g/mol. The normalized spacial score (nSPS) is 11.1. The Hall–Kier alpha value is -6.98. The fraction of sp³-hybridized carbons (Fsp3) is 0. The van der Waals surface area contributed by atoms with Crippen LogP contribution in [0, 0.1) is 0 Å². The highest BCUT2D eigenvalue weighted by Crippen LogP contribution is 2.39. The maximum atomic E-state index is 6.01. The molecule has 0 spiro atoms. The van der Waals surface area contributed by atoms with Crippen LogP contribution in [0.4, 0.5) is 0 Å². The van der Waals surface area contributed by atoms with Crippen molar-refractivity contribution >= 4 is 11.1 Å². The fourth-order valence-corrected chi connectivity index (χ4v) is 6.48. The Morgan fingerprint density at radius 3 is 1.45 bits per heavy atom. The lowest BCUT2D eigenvalue weighted by molar-refractivity contribution is 0.620. The lowest BCUT2D eigenvalue weighted by atomic mass is 9.90. The van der Waals surface area contributed by atoms with Crippen molar-refractivity contribution in [1.82, 2.24) is 19.9 Å². The summed E-state index contributed by atoms with van der Waals surface area (Å²) in [6.45, 7) is 0. The van der Waals surface area contributed by atoms with Crippen molar-refractivity contribution in [3.8, 4) is 79.0 Å². The Morgan fingerprint density at radius 1 is 0.294 bits per heavy atom. The highest BCUT2D eigenvalue weighted by Gasteiger charge is 2.18. The molecule has 0 amide bonds. The Kier molecular flexibility index (Phi) is 7.76. The van der Waals surface area contributed by atoms with E-state index < -0.39 is 0 Å². The number of nitrogens with zero attached hydrogens (tertiary/aromatic N) is 4. The van der Waals surface area contributed by atoms with Gasteiger partial charge in [0.15, 0.2) is 23.1 Å². The lowest BCUT2D eigenvalue weighted by Gasteiger charge is -2.15. The van der Waals surface area contributed by atoms with Gasteiger partial charge in [0.1, 0.15) is 5.52 Å². The molecule has 0 atom stereocenters. The van der Waals surface area contributed by atoms with E-state index in [1.54, 1.807) is 0 Å². The largest absolute Gasteiger partial charge is 0.436 e. The summed E-state index contributed by atoms with van der Waals surface area (Å²) in [5.41, 5.74) is 12.0. The van der Waals surface area contributed by atoms with Crippen LogP contribution < -0.4 is 0 Å². The molecule has 0 N–H and O–H groups in total. The van der Waals surface area contributed by atoms with Gasteiger partial charge in [-0.1, -0.05) is 152 Å². The van der Waals surface area contributed by atoms with E-state index >= 15 is 0 Å². The van der Waals surface area contributed by atoms with Crippen molar-refractivity contribution in [3.63, 3.8) is 0 Å². The van der Waals surface area contributed by atoms with Crippen molar-refractivity contribution in [1.29, 1.82) is 0 Å². The number of hydrogen-bond donors (Lipinski definition) is 0. The summed E-state index contributed by atoms with van der Waals surface area (Å²) in [5.74, 6) is 2.52. The molecule has 5 heteroatoms. The first-order valence-electron chi connectivity index (χ1n) is 16.9. The summed E-state index contributed by atoms with van der Waals surface area (Å²) in [6.07, 6.45) is 0. The Balaban J connectivity index is 1.11. The molecule has 0 saturated heterocycles. The maximum absolute atomic E-state index is 6.01. The van der Waals surface area contributed by atoms with Gasteiger partial charge in [0.2, 0.25) is 5.89 Å². The number of oxazole rings is 1. The second-order valence-corrected chi connectivity index (χ2v) is 12.3. The molecule has 2 heterocycles. The van der Waals surface area contributed by atoms with Gasteiger partial charge < -0.3 is 4.42 Å². The van der Waals surface area contributed by atoms with Gasteiger partial charge >= 0.3 is 0 Å². The monoisotopic (exact) mass is 654 g/mol. The average Bonchev–Trinajstić information content (AvgIpc) is 3.66. The van der Waals surface area contributed by atoms with Gasteiger partial charge in [-0.25, -0.2) is 19.9 Å². The molecule has 5 nitrogen and oxygen atoms in total. The molecular weight excluding hydrogens is 625 g/mol. The van der Waals surface area contributed by atoms with Crippen LogP contribution in [0.5, 0.6) is 0 Å². The lowest BCUT2D eigenvalue weighted by Crippen LogP contribution is -2.01. The van der Waals surface area contributed by atoms with Gasteiger partial charge in [-0.3, -0.25) is 0 Å². The summed E-state index contributed by atoms with van der Waals surface area (Å²) >= 11 is 0. The van der Waals surface area contributed by atoms with E-state index in [0.717, 1.165) is 66.7 Å². The quantitative estimate of drug-likeness (QED) is 0.171. The van der Waals surface area contributed by atoms with Gasteiger partial charge in [-0.05, 0) is 63.7 Å². The predicted octanol–water partition coefficient (Wildman–Crippen LogP) is 11.7. The summed E-state index contributed by atoms with van der Waals surface area (Å²) in [4.78, 5) is 19.7. The third-order valence-corrected chi connectivity index (χ3v) is 9.02. The topological polar surface area (TPSA) is 64.7 Å². The molecule has 51 heavy (non-hydrogen) atoms. The van der Waals surface area contributed by atoms with Crippen LogP contribution in [0.15, 0.2) is 186 Å². The zero-order valence-corrected chi connectivity index (χ0v) is 27.5. The number of rotatable bonds is 7. The predicted molar refractivity (Wildman–Crippen MR) is 205 cm³/mol. The van der Waals surface area contributed by atoms with Crippen molar-refractivity contribution < 1.29 is 4.42 Å². The SMILES string of the molecule is c1ccc(-c2nc(-c3ccccc3)nc(-c3ccccc3-c3ccccc3-c3cccc(-c4ccc(-c5nc6ccccc6o5)cc4)c3)n2)cc1. The van der Waals surface area contributed by atoms with Crippen molar-refractivity contribution in [2.24, 2.45) is 0 Å². The van der Waals surface area contributed by atoms with E-state index in [1.807, 2.05) is 91.0 Å². The molecule has 0 fully saturated rings. The minimum absolute atomic E-state index is 0.619. The summed E-state index contributed by atoms with van der Waals surface area (Å²) in [6, 6.07) is 62.0. The van der Waals surface area contributed by atoms with Gasteiger partial charge in [0.05, 0.1) is 0 Å². The van der Waals surface area contributed by atoms with E-state index in [9.17, 15) is 0 Å². The van der Waals surface area contributed by atoms with Gasteiger partial charge in [-0.2, -0.15) is 0 Å². The van der Waals surface area contributed by atoms with Crippen LogP contribution in [0.2, 0.25) is 0 Å². The molecule has 9 aromatic rings. The molecule has 0 aliphatic heterocycles. The highest BCUT2D eigenvalue weighted by atomic mass is 16.3. The number of aromatic nitrogens is 4. The zero-order valence-electron chi connectivity index (χ0n) is 27.5. The van der Waals surface area contributed by atoms with E-state index in [-0.39, 0.29) is 0 Å². The summed E-state index contributed by atoms with van der Waals surface area (Å²) in [5, 5.41) is 0. The summed E-state index contributed by atoms with van der Waals surface area (Å²) < 4.78 is 6.01. The second kappa shape index (κ2) is 13.1. The third-order valence-electron chi connectivity index (χ3n) is 9.02. The van der Waals surface area contributed by atoms with Crippen molar-refractivity contribution in [2.45, 2.75) is 0 Å². The molecule has 0 aliphatic rings. The first kappa shape index (κ1) is 30.1. The fourth-order valence-electron chi connectivity index (χ4n) is 6.48. The van der Waals surface area contributed by atoms with Crippen LogP contribution >= 0.6 is 0 Å². The van der Waals surface area contributed by atoms with E-state index in [0.29, 0.717) is 23.4 Å². The van der Waals surface area contributed by atoms with Gasteiger partial charge in [0.25, 0.3) is 0 Å². The Morgan fingerprint density at radius 2 is 0.784 bits per heavy atom. The van der Waals surface area contributed by atoms with Crippen LogP contribution in [0.3, 0.4) is 0 Å². The van der Waals surface area contributed by atoms with E-state index in [2.05, 4.69) is 96.0 Å². The number of benzene rings is 7. The van der Waals surface area contributed by atoms with E-state index in [4.69, 9.17) is 19.4 Å². The molecule has 7 aromatic carbocycles. The molecule has 0 aliphatic carbocycles. The first-order chi connectivity index (χ1) is 25.3. The van der Waals surface area contributed by atoms with Gasteiger partial charge in [-0.15, -0.1) is 0 Å². The van der Waals surface area contributed by atoms with Gasteiger partial charge in [0, 0.05) is 22.3 Å². The summed E-state index contributed by atoms with van der Waals surface area (Å²) in [7, 11) is 0. The maximum Gasteiger partial charge on any atom is 0.227 e. The Bertz CT molecular complexity index is 2540. The van der Waals surface area contributed by atoms with Crippen LogP contribution in [-0.4, -0.2) is 19.9 Å². The minimum atomic E-state index is 0.619. The third kappa shape index (κ3) is 5.98. The molecule has 2 aromatic heterocycles. The minimum Gasteiger partial charge on any atom is -0.436 e. The molecule has 0 radical (unpaired) electrons. The van der Waals surface area contributed by atoms with Crippen LogP contribution in [0.1, 0.15) is 0 Å². The molecule has 9 rings (SSSR count). The first-order valence-corrected chi connectivity index (χ1v) is 16.9. The number of hydrogen-bond acceptors (Lipinski definition) is 5. The molecular formula is C46H30N4O. The molecule has 0 bridgehead atoms. The molecule has 0 saturated carbocycles. The number of para-hydroxylation sites is 2. The highest BCUT2D eigenvalue weighted by molar-refractivity contribution is 5.91. The Labute approximate surface area is 295 Å².